The van der Waals surface area contributed by atoms with Crippen LogP contribution in [-0.4, -0.2) is 0 Å². The van der Waals surface area contributed by atoms with E-state index in [2.05, 4.69) is 243 Å². The molecule has 0 spiro atoms. The Morgan fingerprint density at radius 1 is 0.214 bits per heavy atom. The quantitative estimate of drug-likeness (QED) is 0.161. The molecule has 2 nitrogen and oxygen atoms in total. The predicted molar refractivity (Wildman–Crippen MR) is 296 cm³/mol. The molecule has 0 unspecified atom stereocenters. The molecule has 70 heavy (non-hydrogen) atoms. The highest BCUT2D eigenvalue weighted by Gasteiger charge is 2.26. The lowest BCUT2D eigenvalue weighted by Gasteiger charge is -2.19. The highest BCUT2D eigenvalue weighted by Crippen LogP contribution is 2.52. The Bertz CT molecular complexity index is 4520. The van der Waals surface area contributed by atoms with E-state index in [9.17, 15) is 0 Å². The minimum Gasteiger partial charge on any atom is -0.455 e. The number of para-hydroxylation sites is 2. The van der Waals surface area contributed by atoms with Gasteiger partial charge in [-0.25, -0.2) is 0 Å². The van der Waals surface area contributed by atoms with Crippen LogP contribution in [0, 0.1) is 0 Å². The zero-order valence-corrected chi connectivity index (χ0v) is 37.9. The summed E-state index contributed by atoms with van der Waals surface area (Å²) in [4.78, 5) is 0. The van der Waals surface area contributed by atoms with Crippen LogP contribution in [0.2, 0.25) is 0 Å². The lowest BCUT2D eigenvalue weighted by Crippen LogP contribution is -1.92. The summed E-state index contributed by atoms with van der Waals surface area (Å²) in [6, 6.07) is 88.0. The fraction of sp³-hybridized carbons (Fsp3) is 0. The van der Waals surface area contributed by atoms with Gasteiger partial charge in [0, 0.05) is 43.6 Å². The maximum Gasteiger partial charge on any atom is 0.143 e. The van der Waals surface area contributed by atoms with Crippen LogP contribution in [0.5, 0.6) is 0 Å². The third-order valence-corrected chi connectivity index (χ3v) is 14.8. The molecule has 2 aromatic heterocycles. The maximum absolute atomic E-state index is 7.15. The summed E-state index contributed by atoms with van der Waals surface area (Å²) < 4.78 is 14.2. The summed E-state index contributed by atoms with van der Waals surface area (Å²) >= 11 is 0. The highest BCUT2D eigenvalue weighted by molar-refractivity contribution is 6.36. The van der Waals surface area contributed by atoms with E-state index in [1.807, 2.05) is 0 Å². The van der Waals surface area contributed by atoms with Crippen LogP contribution in [-0.2, 0) is 0 Å². The second-order valence-corrected chi connectivity index (χ2v) is 18.5. The molecule has 0 aliphatic carbocycles. The number of rotatable bonds is 5. The van der Waals surface area contributed by atoms with Gasteiger partial charge in [0.15, 0.2) is 0 Å². The average Bonchev–Trinajstić information content (AvgIpc) is 4.02. The van der Waals surface area contributed by atoms with Crippen molar-refractivity contribution in [2.24, 2.45) is 0 Å². The summed E-state index contributed by atoms with van der Waals surface area (Å²) in [5.74, 6) is 0. The first-order valence-corrected chi connectivity index (χ1v) is 24.1. The minimum atomic E-state index is 0.856. The maximum atomic E-state index is 7.15. The summed E-state index contributed by atoms with van der Waals surface area (Å²) in [6.45, 7) is 0. The van der Waals surface area contributed by atoms with Crippen LogP contribution in [0.15, 0.2) is 251 Å². The van der Waals surface area contributed by atoms with Crippen LogP contribution >= 0.6 is 0 Å². The van der Waals surface area contributed by atoms with Gasteiger partial charge in [-0.15, -0.1) is 0 Å². The number of hydrogen-bond donors (Lipinski definition) is 0. The Morgan fingerprint density at radius 2 is 0.543 bits per heavy atom. The van der Waals surface area contributed by atoms with E-state index in [0.29, 0.717) is 0 Å². The zero-order chi connectivity index (χ0) is 45.9. The van der Waals surface area contributed by atoms with Gasteiger partial charge in [-0.3, -0.25) is 0 Å². The first-order chi connectivity index (χ1) is 34.8. The molecule has 13 aromatic carbocycles. The van der Waals surface area contributed by atoms with E-state index in [1.165, 1.54) is 70.9 Å². The minimum absolute atomic E-state index is 0.856. The molecular weight excluding hydrogens is 849 g/mol. The van der Waals surface area contributed by atoms with Gasteiger partial charge in [0.05, 0.1) is 0 Å². The Balaban J connectivity index is 1.06. The number of fused-ring (bicyclic) bond motifs is 13. The van der Waals surface area contributed by atoms with Crippen molar-refractivity contribution in [1.82, 2.24) is 0 Å². The molecule has 0 saturated carbocycles. The monoisotopic (exact) mass is 888 g/mol. The van der Waals surface area contributed by atoms with Crippen LogP contribution in [0.25, 0.3) is 153 Å². The molecule has 0 radical (unpaired) electrons. The molecule has 0 aliphatic rings. The Labute approximate surface area is 402 Å². The normalized spacial score (nSPS) is 12.0. The second kappa shape index (κ2) is 15.1. The Hall–Kier alpha value is -9.24. The van der Waals surface area contributed by atoms with Crippen LogP contribution in [0.4, 0.5) is 0 Å². The Morgan fingerprint density at radius 3 is 1.00 bits per heavy atom. The van der Waals surface area contributed by atoms with Crippen molar-refractivity contribution >= 4 is 97.7 Å². The molecule has 2 heterocycles. The van der Waals surface area contributed by atoms with Crippen LogP contribution in [0.3, 0.4) is 0 Å². The van der Waals surface area contributed by atoms with E-state index in [0.717, 1.165) is 82.5 Å². The summed E-state index contributed by atoms with van der Waals surface area (Å²) in [7, 11) is 0. The van der Waals surface area contributed by atoms with Crippen LogP contribution in [0.1, 0.15) is 0 Å². The fourth-order valence-electron chi connectivity index (χ4n) is 11.9. The van der Waals surface area contributed by atoms with Gasteiger partial charge in [-0.2, -0.15) is 0 Å². The number of furan rings is 2. The molecule has 2 heteroatoms. The van der Waals surface area contributed by atoms with Crippen molar-refractivity contribution in [2.45, 2.75) is 0 Å². The lowest BCUT2D eigenvalue weighted by atomic mass is 9.84. The molecule has 0 aliphatic heterocycles. The second-order valence-electron chi connectivity index (χ2n) is 18.5. The molecule has 0 amide bonds. The Kier molecular flexibility index (Phi) is 8.39. The topological polar surface area (TPSA) is 26.3 Å². The summed E-state index contributed by atoms with van der Waals surface area (Å²) in [5.41, 5.74) is 15.1. The fourth-order valence-corrected chi connectivity index (χ4v) is 11.9. The van der Waals surface area contributed by atoms with Gasteiger partial charge in [0.25, 0.3) is 0 Å². The van der Waals surface area contributed by atoms with Gasteiger partial charge in [0.1, 0.15) is 22.3 Å². The van der Waals surface area contributed by atoms with E-state index >= 15 is 0 Å². The van der Waals surface area contributed by atoms with Crippen molar-refractivity contribution in [3.05, 3.63) is 243 Å². The number of benzene rings is 13. The van der Waals surface area contributed by atoms with Crippen molar-refractivity contribution < 1.29 is 8.83 Å². The van der Waals surface area contributed by atoms with E-state index < -0.39 is 0 Å². The highest BCUT2D eigenvalue weighted by atomic mass is 16.3. The van der Waals surface area contributed by atoms with Crippen LogP contribution < -0.4 is 0 Å². The predicted octanol–water partition coefficient (Wildman–Crippen LogP) is 19.6. The zero-order valence-electron chi connectivity index (χ0n) is 37.9. The molecule has 0 atom stereocenters. The van der Waals surface area contributed by atoms with Gasteiger partial charge < -0.3 is 8.83 Å². The summed E-state index contributed by atoms with van der Waals surface area (Å²) in [6.07, 6.45) is 0. The molecule has 0 saturated heterocycles. The molecular formula is C68H40O2. The SMILES string of the molecule is c1ccc(-c2c3ccccc3c(-c3cccc(-c4cc5cc(-c6c7ccccc7c(-c7ccccc7)c7ccccc67)c6oc7ccccc7c6c5c5c4oc4ccccc45)c3)c3ccccc23)cc1. The molecule has 324 valence electrons. The van der Waals surface area contributed by atoms with Gasteiger partial charge >= 0.3 is 0 Å². The van der Waals surface area contributed by atoms with Gasteiger partial charge in [0.2, 0.25) is 0 Å². The standard InChI is InChI=1S/C68H40O2/c1-3-20-41(21-4-1)60-46-26-7-9-28-48(46)62(49-29-10-8-27-47(49)60)44-25-19-24-43(38-44)56-39-45-40-57(64-52-32-13-11-30-50(52)61(42-22-5-2-6-23-42)51-31-12-14-33-53(51)64)68-66(55-35-16-18-37-59(55)70-68)63(45)65-54-34-15-17-36-58(54)69-67(56)65/h1-40H. The molecule has 15 aromatic rings. The lowest BCUT2D eigenvalue weighted by molar-refractivity contribution is 0.670. The van der Waals surface area contributed by atoms with Gasteiger partial charge in [-0.1, -0.05) is 212 Å². The van der Waals surface area contributed by atoms with Crippen molar-refractivity contribution in [3.63, 3.8) is 0 Å². The van der Waals surface area contributed by atoms with E-state index in [1.54, 1.807) is 0 Å². The average molecular weight is 889 g/mol. The third kappa shape index (κ3) is 5.62. The largest absolute Gasteiger partial charge is 0.455 e. The molecule has 0 fully saturated rings. The van der Waals surface area contributed by atoms with E-state index in [4.69, 9.17) is 8.83 Å². The number of hydrogen-bond acceptors (Lipinski definition) is 2. The molecule has 0 bridgehead atoms. The van der Waals surface area contributed by atoms with Crippen molar-refractivity contribution in [2.75, 3.05) is 0 Å². The molecule has 15 rings (SSSR count). The first kappa shape index (κ1) is 38.8. The first-order valence-electron chi connectivity index (χ1n) is 24.1. The third-order valence-electron chi connectivity index (χ3n) is 14.8. The molecule has 0 N–H and O–H groups in total. The van der Waals surface area contributed by atoms with Crippen molar-refractivity contribution in [1.29, 1.82) is 0 Å². The van der Waals surface area contributed by atoms with Gasteiger partial charge in [-0.05, 0) is 118 Å². The van der Waals surface area contributed by atoms with Crippen molar-refractivity contribution in [3.8, 4) is 55.6 Å². The van der Waals surface area contributed by atoms with E-state index in [-0.39, 0.29) is 0 Å². The smallest absolute Gasteiger partial charge is 0.143 e. The summed E-state index contributed by atoms with van der Waals surface area (Å²) in [5, 5.41) is 16.3.